The van der Waals surface area contributed by atoms with E-state index >= 15 is 0 Å². The topological polar surface area (TPSA) is 91.8 Å². The van der Waals surface area contributed by atoms with Crippen LogP contribution in [0.15, 0.2) is 30.3 Å². The number of ether oxygens (including phenoxy) is 1. The van der Waals surface area contributed by atoms with Crippen LogP contribution in [0.1, 0.15) is 18.5 Å². The maximum Gasteiger partial charge on any atom is 0.419 e. The molecule has 1 aromatic carbocycles. The smallest absolute Gasteiger partial charge is 0.419 e. The zero-order valence-corrected chi connectivity index (χ0v) is 13.7. The minimum absolute atomic E-state index is 0.0672. The summed E-state index contributed by atoms with van der Waals surface area (Å²) in [6, 6.07) is 7.15. The average molecular weight is 365 g/mol. The summed E-state index contributed by atoms with van der Waals surface area (Å²) in [5.74, 6) is -1.87. The van der Waals surface area contributed by atoms with Gasteiger partial charge in [0.1, 0.15) is 0 Å². The summed E-state index contributed by atoms with van der Waals surface area (Å²) in [7, 11) is 0. The van der Waals surface area contributed by atoms with Gasteiger partial charge in [-0.1, -0.05) is 65.1 Å². The molecule has 1 aromatic rings. The molecule has 0 aromatic heterocycles. The van der Waals surface area contributed by atoms with Gasteiger partial charge in [0.2, 0.25) is 0 Å². The lowest BCUT2D eigenvalue weighted by Crippen LogP contribution is -2.43. The molecular weight excluding hydrogens is 353 g/mol. The van der Waals surface area contributed by atoms with Crippen LogP contribution in [-0.4, -0.2) is 32.8 Å². The Labute approximate surface area is 141 Å². The van der Waals surface area contributed by atoms with Gasteiger partial charge in [-0.15, -0.1) is 0 Å². The van der Waals surface area contributed by atoms with Crippen LogP contribution in [-0.2, 0) is 14.3 Å². The Kier molecular flexibility index (Phi) is 6.84. The van der Waals surface area contributed by atoms with E-state index in [0.717, 1.165) is 0 Å². The van der Waals surface area contributed by atoms with Crippen LogP contribution < -0.4 is 5.32 Å². The molecule has 0 saturated carbocycles. The van der Waals surface area contributed by atoms with Crippen LogP contribution in [0, 0.1) is 0 Å². The Morgan fingerprint density at radius 3 is 2.36 bits per heavy atom. The van der Waals surface area contributed by atoms with Gasteiger partial charge in [-0.25, -0.2) is 4.79 Å². The molecule has 22 heavy (non-hydrogen) atoms. The highest BCUT2D eigenvalue weighted by Crippen LogP contribution is 2.27. The maximum absolute atomic E-state index is 11.9. The third kappa shape index (κ3) is 5.00. The Bertz CT molecular complexity index is 596. The number of alkyl halides is 3. The van der Waals surface area contributed by atoms with E-state index in [-0.39, 0.29) is 6.61 Å². The van der Waals surface area contributed by atoms with Gasteiger partial charge in [0.05, 0.1) is 6.61 Å². The molecule has 0 unspecified atom stereocenters. The van der Waals surface area contributed by atoms with Crippen molar-refractivity contribution in [2.24, 2.45) is 0 Å². The standard InChI is InChI=1S/C13H12Cl3N3O3/c1-2-22-11(20)10(19-17)9(8-6-4-3-5-7-8)18-12(21)13(14,15)16/h3-7,9H,2H2,1H3,(H,18,21)/t9-/m0/s1. The molecule has 1 atom stereocenters. The zero-order valence-electron chi connectivity index (χ0n) is 11.4. The zero-order chi connectivity index (χ0) is 16.8. The number of esters is 1. The molecule has 0 aliphatic rings. The molecular formula is C13H12Cl3N3O3. The van der Waals surface area contributed by atoms with E-state index in [2.05, 4.69) is 10.1 Å². The van der Waals surface area contributed by atoms with Crippen LogP contribution in [0.25, 0.3) is 5.53 Å². The highest BCUT2D eigenvalue weighted by molar-refractivity contribution is 6.76. The fraction of sp³-hybridized carbons (Fsp3) is 0.308. The lowest BCUT2D eigenvalue weighted by atomic mass is 10.0. The first kappa shape index (κ1) is 18.5. The van der Waals surface area contributed by atoms with Crippen LogP contribution in [0.2, 0.25) is 0 Å². The number of halogens is 3. The summed E-state index contributed by atoms with van der Waals surface area (Å²) in [5.41, 5.74) is 9.12. The molecule has 0 spiro atoms. The molecule has 118 valence electrons. The van der Waals surface area contributed by atoms with Gasteiger partial charge in [0.15, 0.2) is 6.04 Å². The Hall–Kier alpha value is -1.59. The molecule has 0 saturated heterocycles. The third-order valence-corrected chi connectivity index (χ3v) is 3.05. The van der Waals surface area contributed by atoms with Gasteiger partial charge in [0, 0.05) is 0 Å². The Balaban J connectivity index is 3.20. The van der Waals surface area contributed by atoms with Crippen molar-refractivity contribution in [1.82, 2.24) is 5.32 Å². The highest BCUT2D eigenvalue weighted by Gasteiger charge is 2.39. The molecule has 0 aliphatic heterocycles. The number of hydrogen-bond donors (Lipinski definition) is 1. The number of rotatable bonds is 5. The Morgan fingerprint density at radius 2 is 1.91 bits per heavy atom. The molecule has 1 amide bonds. The van der Waals surface area contributed by atoms with E-state index in [1.54, 1.807) is 37.3 Å². The molecule has 0 bridgehead atoms. The maximum atomic E-state index is 11.9. The second-order valence-corrected chi connectivity index (χ2v) is 6.30. The number of amides is 1. The Morgan fingerprint density at radius 1 is 1.32 bits per heavy atom. The number of carbonyl (C=O) groups excluding carboxylic acids is 2. The fourth-order valence-corrected chi connectivity index (χ4v) is 1.75. The van der Waals surface area contributed by atoms with Crippen LogP contribution in [0.5, 0.6) is 0 Å². The largest absolute Gasteiger partial charge is 0.457 e. The number of hydrogen-bond acceptors (Lipinski definition) is 3. The van der Waals surface area contributed by atoms with E-state index in [0.29, 0.717) is 5.56 Å². The molecule has 6 nitrogen and oxygen atoms in total. The second-order valence-electron chi connectivity index (χ2n) is 4.02. The summed E-state index contributed by atoms with van der Waals surface area (Å²) in [4.78, 5) is 26.6. The van der Waals surface area contributed by atoms with E-state index in [1.165, 1.54) is 0 Å². The lowest BCUT2D eigenvalue weighted by Gasteiger charge is -2.17. The normalized spacial score (nSPS) is 12.0. The van der Waals surface area contributed by atoms with Crippen molar-refractivity contribution in [3.05, 3.63) is 41.4 Å². The highest BCUT2D eigenvalue weighted by atomic mass is 35.6. The predicted molar refractivity (Wildman–Crippen MR) is 82.9 cm³/mol. The van der Waals surface area contributed by atoms with E-state index in [4.69, 9.17) is 45.1 Å². The SMILES string of the molecule is CCOC(=O)C(=[N+]=[N-])[C@@H](NC(=O)C(Cl)(Cl)Cl)c1ccccc1. The molecule has 0 heterocycles. The second kappa shape index (κ2) is 8.15. The molecule has 0 aliphatic carbocycles. The van der Waals surface area contributed by atoms with Crippen molar-refractivity contribution in [3.63, 3.8) is 0 Å². The number of nitrogens with one attached hydrogen (secondary N) is 1. The quantitative estimate of drug-likeness (QED) is 0.286. The van der Waals surface area contributed by atoms with E-state index in [9.17, 15) is 9.59 Å². The molecule has 0 fully saturated rings. The molecule has 1 N–H and O–H groups in total. The number of carbonyl (C=O) groups is 2. The van der Waals surface area contributed by atoms with Crippen molar-refractivity contribution >= 4 is 52.4 Å². The van der Waals surface area contributed by atoms with Gasteiger partial charge in [-0.2, -0.15) is 4.79 Å². The van der Waals surface area contributed by atoms with Gasteiger partial charge in [0.25, 0.3) is 9.70 Å². The number of nitrogens with zero attached hydrogens (tertiary/aromatic N) is 2. The van der Waals surface area contributed by atoms with E-state index in [1.807, 2.05) is 0 Å². The van der Waals surface area contributed by atoms with Crippen LogP contribution >= 0.6 is 34.8 Å². The first-order valence-electron chi connectivity index (χ1n) is 6.13. The minimum Gasteiger partial charge on any atom is -0.457 e. The predicted octanol–water partition coefficient (Wildman–Crippen LogP) is 2.45. The fourth-order valence-electron chi connectivity index (χ4n) is 1.59. The van der Waals surface area contributed by atoms with Crippen molar-refractivity contribution in [2.75, 3.05) is 6.61 Å². The summed E-state index contributed by atoms with van der Waals surface area (Å²) in [5, 5.41) is 2.34. The van der Waals surface area contributed by atoms with Crippen molar-refractivity contribution in [3.8, 4) is 0 Å². The van der Waals surface area contributed by atoms with Crippen LogP contribution in [0.3, 0.4) is 0 Å². The van der Waals surface area contributed by atoms with Crippen LogP contribution in [0.4, 0.5) is 0 Å². The summed E-state index contributed by atoms with van der Waals surface area (Å²) >= 11 is 16.5. The van der Waals surface area contributed by atoms with Crippen molar-refractivity contribution in [2.45, 2.75) is 16.8 Å². The molecule has 0 radical (unpaired) electrons. The minimum atomic E-state index is -2.23. The molecule has 9 heteroatoms. The first-order valence-corrected chi connectivity index (χ1v) is 7.26. The summed E-state index contributed by atoms with van der Waals surface area (Å²) in [6.45, 7) is 1.65. The monoisotopic (exact) mass is 363 g/mol. The lowest BCUT2D eigenvalue weighted by molar-refractivity contribution is -0.140. The summed E-state index contributed by atoms with van der Waals surface area (Å²) < 4.78 is 2.55. The third-order valence-electron chi connectivity index (χ3n) is 2.53. The van der Waals surface area contributed by atoms with E-state index < -0.39 is 27.4 Å². The number of benzene rings is 1. The van der Waals surface area contributed by atoms with Gasteiger partial charge in [-0.3, -0.25) is 4.79 Å². The van der Waals surface area contributed by atoms with Crippen molar-refractivity contribution in [1.29, 1.82) is 0 Å². The average Bonchev–Trinajstić information content (AvgIpc) is 2.47. The van der Waals surface area contributed by atoms with Gasteiger partial charge in [-0.05, 0) is 12.5 Å². The first-order chi connectivity index (χ1) is 10.3. The van der Waals surface area contributed by atoms with Gasteiger partial charge < -0.3 is 15.6 Å². The summed E-state index contributed by atoms with van der Waals surface area (Å²) in [6.07, 6.45) is 0. The molecule has 1 rings (SSSR count). The van der Waals surface area contributed by atoms with Gasteiger partial charge >= 0.3 is 11.7 Å². The van der Waals surface area contributed by atoms with Crippen molar-refractivity contribution < 1.29 is 19.1 Å².